The van der Waals surface area contributed by atoms with Crippen molar-refractivity contribution in [2.75, 3.05) is 39.3 Å². The maximum atomic E-state index is 11.9. The molecule has 0 aliphatic carbocycles. The molecule has 0 bridgehead atoms. The summed E-state index contributed by atoms with van der Waals surface area (Å²) < 4.78 is 0. The van der Waals surface area contributed by atoms with E-state index in [0.29, 0.717) is 0 Å². The number of piperazine rings is 1. The van der Waals surface area contributed by atoms with Crippen molar-refractivity contribution < 1.29 is 4.79 Å². The van der Waals surface area contributed by atoms with E-state index in [1.807, 2.05) is 20.8 Å². The molecular weight excluding hydrogens is 228 g/mol. The molecule has 1 unspecified atom stereocenters. The van der Waals surface area contributed by atoms with Crippen molar-refractivity contribution >= 4 is 5.91 Å². The third-order valence-electron chi connectivity index (χ3n) is 3.44. The van der Waals surface area contributed by atoms with Crippen LogP contribution in [-0.2, 0) is 4.79 Å². The molecule has 0 aromatic carbocycles. The number of carbonyl (C=O) groups excluding carboxylic acids is 1. The van der Waals surface area contributed by atoms with Gasteiger partial charge in [-0.25, -0.2) is 0 Å². The van der Waals surface area contributed by atoms with Gasteiger partial charge in [-0.15, -0.1) is 0 Å². The fourth-order valence-electron chi connectivity index (χ4n) is 2.26. The van der Waals surface area contributed by atoms with Gasteiger partial charge in [0.1, 0.15) is 0 Å². The Balaban J connectivity index is 2.31. The van der Waals surface area contributed by atoms with Gasteiger partial charge in [0.25, 0.3) is 0 Å². The summed E-state index contributed by atoms with van der Waals surface area (Å²) in [7, 11) is 0. The fraction of sp³-hybridized carbons (Fsp3) is 0.923. The second-order valence-electron chi connectivity index (χ2n) is 5.36. The number of nitrogens with two attached hydrogens (primary N) is 1. The number of hydrogen-bond acceptors (Lipinski definition) is 4. The van der Waals surface area contributed by atoms with Gasteiger partial charge in [0, 0.05) is 32.2 Å². The van der Waals surface area contributed by atoms with E-state index in [9.17, 15) is 4.79 Å². The van der Waals surface area contributed by atoms with Gasteiger partial charge in [0.15, 0.2) is 0 Å². The molecule has 1 fully saturated rings. The van der Waals surface area contributed by atoms with E-state index in [4.69, 9.17) is 5.73 Å². The molecule has 5 heteroatoms. The standard InChI is InChI=1S/C13H28N4O/c1-11(2)15-13(18)12(3)17-9-7-16(8-10-17)6-4-5-14/h11-12H,4-10,14H2,1-3H3,(H,15,18). The highest BCUT2D eigenvalue weighted by Crippen LogP contribution is 2.07. The van der Waals surface area contributed by atoms with Crippen LogP contribution in [0.15, 0.2) is 0 Å². The Bertz CT molecular complexity index is 249. The topological polar surface area (TPSA) is 61.6 Å². The van der Waals surface area contributed by atoms with Gasteiger partial charge in [-0.1, -0.05) is 0 Å². The number of carbonyl (C=O) groups is 1. The Labute approximate surface area is 111 Å². The van der Waals surface area contributed by atoms with Crippen molar-refractivity contribution in [1.82, 2.24) is 15.1 Å². The number of nitrogens with one attached hydrogen (secondary N) is 1. The number of rotatable bonds is 6. The van der Waals surface area contributed by atoms with Crippen molar-refractivity contribution in [3.63, 3.8) is 0 Å². The monoisotopic (exact) mass is 256 g/mol. The molecule has 18 heavy (non-hydrogen) atoms. The highest BCUT2D eigenvalue weighted by atomic mass is 16.2. The lowest BCUT2D eigenvalue weighted by atomic mass is 10.2. The molecule has 1 aliphatic heterocycles. The quantitative estimate of drug-likeness (QED) is 0.695. The Morgan fingerprint density at radius 2 is 1.83 bits per heavy atom. The normalized spacial score (nSPS) is 20.1. The minimum atomic E-state index is -0.0240. The summed E-state index contributed by atoms with van der Waals surface area (Å²) in [4.78, 5) is 16.6. The lowest BCUT2D eigenvalue weighted by Gasteiger charge is -2.37. The van der Waals surface area contributed by atoms with Crippen molar-refractivity contribution in [3.8, 4) is 0 Å². The van der Waals surface area contributed by atoms with Gasteiger partial charge in [-0.3, -0.25) is 9.69 Å². The fourth-order valence-corrected chi connectivity index (χ4v) is 2.26. The van der Waals surface area contributed by atoms with E-state index in [2.05, 4.69) is 15.1 Å². The smallest absolute Gasteiger partial charge is 0.237 e. The van der Waals surface area contributed by atoms with Crippen LogP contribution < -0.4 is 11.1 Å². The van der Waals surface area contributed by atoms with Gasteiger partial charge in [-0.05, 0) is 40.3 Å². The Morgan fingerprint density at radius 3 is 2.33 bits per heavy atom. The second kappa shape index (κ2) is 7.71. The van der Waals surface area contributed by atoms with Crippen molar-refractivity contribution in [1.29, 1.82) is 0 Å². The maximum absolute atomic E-state index is 11.9. The maximum Gasteiger partial charge on any atom is 0.237 e. The molecule has 0 aromatic rings. The van der Waals surface area contributed by atoms with Crippen molar-refractivity contribution in [2.45, 2.75) is 39.3 Å². The average molecular weight is 256 g/mol. The molecule has 0 spiro atoms. The zero-order valence-corrected chi connectivity index (χ0v) is 12.0. The molecule has 1 atom stereocenters. The third-order valence-corrected chi connectivity index (χ3v) is 3.44. The van der Waals surface area contributed by atoms with Crippen LogP contribution in [0.1, 0.15) is 27.2 Å². The van der Waals surface area contributed by atoms with Gasteiger partial charge < -0.3 is 16.0 Å². The zero-order chi connectivity index (χ0) is 13.5. The van der Waals surface area contributed by atoms with Crippen molar-refractivity contribution in [3.05, 3.63) is 0 Å². The van der Waals surface area contributed by atoms with Gasteiger partial charge in [-0.2, -0.15) is 0 Å². The summed E-state index contributed by atoms with van der Waals surface area (Å²) in [5, 5.41) is 2.97. The summed E-state index contributed by atoms with van der Waals surface area (Å²) in [5.41, 5.74) is 5.52. The molecule has 1 rings (SSSR count). The predicted molar refractivity (Wildman–Crippen MR) is 74.4 cm³/mol. The zero-order valence-electron chi connectivity index (χ0n) is 12.0. The predicted octanol–water partition coefficient (Wildman–Crippen LogP) is -0.134. The van der Waals surface area contributed by atoms with Crippen LogP contribution in [0.25, 0.3) is 0 Å². The Morgan fingerprint density at radius 1 is 1.22 bits per heavy atom. The molecule has 5 nitrogen and oxygen atoms in total. The molecule has 0 aromatic heterocycles. The molecule has 1 amide bonds. The third kappa shape index (κ3) is 4.92. The van der Waals surface area contributed by atoms with E-state index in [1.54, 1.807) is 0 Å². The highest BCUT2D eigenvalue weighted by Gasteiger charge is 2.25. The minimum Gasteiger partial charge on any atom is -0.353 e. The van der Waals surface area contributed by atoms with Gasteiger partial charge in [0.05, 0.1) is 6.04 Å². The van der Waals surface area contributed by atoms with E-state index in [0.717, 1.165) is 45.7 Å². The first-order chi connectivity index (χ1) is 8.54. The molecule has 1 aliphatic rings. The number of nitrogens with zero attached hydrogens (tertiary/aromatic N) is 2. The lowest BCUT2D eigenvalue weighted by molar-refractivity contribution is -0.127. The van der Waals surface area contributed by atoms with Crippen molar-refractivity contribution in [2.24, 2.45) is 5.73 Å². The number of amides is 1. The van der Waals surface area contributed by atoms with Crippen LogP contribution in [0.4, 0.5) is 0 Å². The van der Waals surface area contributed by atoms with Gasteiger partial charge >= 0.3 is 0 Å². The Kier molecular flexibility index (Phi) is 6.60. The largest absolute Gasteiger partial charge is 0.353 e. The first-order valence-electron chi connectivity index (χ1n) is 7.01. The Hall–Kier alpha value is -0.650. The SMILES string of the molecule is CC(C)NC(=O)C(C)N1CCN(CCCN)CC1. The van der Waals surface area contributed by atoms with Crippen LogP contribution >= 0.6 is 0 Å². The average Bonchev–Trinajstić information content (AvgIpc) is 2.35. The van der Waals surface area contributed by atoms with Crippen LogP contribution in [0.3, 0.4) is 0 Å². The number of hydrogen-bond donors (Lipinski definition) is 2. The van der Waals surface area contributed by atoms with E-state index in [1.165, 1.54) is 0 Å². The van der Waals surface area contributed by atoms with E-state index < -0.39 is 0 Å². The van der Waals surface area contributed by atoms with Crippen LogP contribution in [0.5, 0.6) is 0 Å². The van der Waals surface area contributed by atoms with Gasteiger partial charge in [0.2, 0.25) is 5.91 Å². The van der Waals surface area contributed by atoms with Crippen LogP contribution in [0.2, 0.25) is 0 Å². The summed E-state index contributed by atoms with van der Waals surface area (Å²) in [6.07, 6.45) is 1.06. The molecule has 106 valence electrons. The first-order valence-corrected chi connectivity index (χ1v) is 7.01. The van der Waals surface area contributed by atoms with E-state index in [-0.39, 0.29) is 18.0 Å². The summed E-state index contributed by atoms with van der Waals surface area (Å²) in [5.74, 6) is 0.139. The molecule has 1 saturated heterocycles. The molecule has 1 heterocycles. The lowest BCUT2D eigenvalue weighted by Crippen LogP contribution is -2.54. The molecule has 0 saturated carbocycles. The molecule has 3 N–H and O–H groups in total. The van der Waals surface area contributed by atoms with Crippen LogP contribution in [-0.4, -0.2) is 67.1 Å². The van der Waals surface area contributed by atoms with E-state index >= 15 is 0 Å². The molecular formula is C13H28N4O. The minimum absolute atomic E-state index is 0.0240. The first kappa shape index (κ1) is 15.4. The summed E-state index contributed by atoms with van der Waals surface area (Å²) >= 11 is 0. The summed E-state index contributed by atoms with van der Waals surface area (Å²) in [6.45, 7) is 11.8. The second-order valence-corrected chi connectivity index (χ2v) is 5.36. The van der Waals surface area contributed by atoms with Crippen LogP contribution in [0, 0.1) is 0 Å². The summed E-state index contributed by atoms with van der Waals surface area (Å²) in [6, 6.07) is 0.190. The highest BCUT2D eigenvalue weighted by molar-refractivity contribution is 5.81. The molecule has 0 radical (unpaired) electrons.